The first-order valence-electron chi connectivity index (χ1n) is 9.42. The minimum absolute atomic E-state index is 0.0841. The molecule has 1 fully saturated rings. The van der Waals surface area contributed by atoms with Crippen LogP contribution >= 0.6 is 0 Å². The number of aldehydes is 1. The molecular formula is C22H20F2O4. The molecule has 0 aliphatic heterocycles. The smallest absolute Gasteiger partial charge is 0.309 e. The molecule has 4 rings (SSSR count). The molecule has 0 radical (unpaired) electrons. The van der Waals surface area contributed by atoms with Gasteiger partial charge in [0.25, 0.3) is 0 Å². The summed E-state index contributed by atoms with van der Waals surface area (Å²) in [6.07, 6.45) is 1.52. The summed E-state index contributed by atoms with van der Waals surface area (Å²) in [4.78, 5) is 22.9. The Morgan fingerprint density at radius 3 is 2.64 bits per heavy atom. The summed E-state index contributed by atoms with van der Waals surface area (Å²) in [7, 11) is 0. The van der Waals surface area contributed by atoms with E-state index in [2.05, 4.69) is 0 Å². The summed E-state index contributed by atoms with van der Waals surface area (Å²) >= 11 is 0. The van der Waals surface area contributed by atoms with Crippen molar-refractivity contribution in [2.24, 2.45) is 5.92 Å². The van der Waals surface area contributed by atoms with Crippen molar-refractivity contribution in [3.8, 4) is 5.75 Å². The predicted molar refractivity (Wildman–Crippen MR) is 97.4 cm³/mol. The van der Waals surface area contributed by atoms with Crippen LogP contribution in [0.2, 0.25) is 0 Å². The largest absolute Gasteiger partial charge is 0.486 e. The van der Waals surface area contributed by atoms with Crippen molar-refractivity contribution in [3.63, 3.8) is 0 Å². The maximum atomic E-state index is 14.3. The third-order valence-corrected chi connectivity index (χ3v) is 5.48. The summed E-state index contributed by atoms with van der Waals surface area (Å²) in [5.74, 6) is -1.05. The van der Waals surface area contributed by atoms with E-state index in [1.807, 2.05) is 12.1 Å². The normalized spacial score (nSPS) is 22.5. The van der Waals surface area contributed by atoms with Crippen LogP contribution in [-0.4, -0.2) is 18.9 Å². The van der Waals surface area contributed by atoms with Gasteiger partial charge in [0, 0.05) is 11.6 Å². The SMILES string of the molecule is CCOC(=O)C1CC1c1ccc(OC2CCc3c(C=O)c(F)cc(F)c32)cc1. The van der Waals surface area contributed by atoms with Gasteiger partial charge in [0.05, 0.1) is 18.1 Å². The average Bonchev–Trinajstić information content (AvgIpc) is 3.37. The standard InChI is InChI=1S/C22H20F2O4/c1-2-27-22(26)16-9-15(16)12-3-5-13(6-4-12)28-20-8-7-14-17(11-25)18(23)10-19(24)21(14)20/h3-6,10-11,15-16,20H,2,7-9H2,1H3. The molecule has 3 unspecified atom stereocenters. The van der Waals surface area contributed by atoms with Crippen molar-refractivity contribution in [2.75, 3.05) is 6.61 Å². The summed E-state index contributed by atoms with van der Waals surface area (Å²) < 4.78 is 39.0. The first kappa shape index (κ1) is 18.6. The Balaban J connectivity index is 1.48. The zero-order valence-corrected chi connectivity index (χ0v) is 15.4. The van der Waals surface area contributed by atoms with E-state index in [1.165, 1.54) is 0 Å². The molecule has 4 nitrogen and oxygen atoms in total. The zero-order chi connectivity index (χ0) is 19.8. The summed E-state index contributed by atoms with van der Waals surface area (Å²) in [6.45, 7) is 2.17. The summed E-state index contributed by atoms with van der Waals surface area (Å²) in [5, 5.41) is 0. The van der Waals surface area contributed by atoms with Crippen LogP contribution in [0.3, 0.4) is 0 Å². The fourth-order valence-electron chi connectivity index (χ4n) is 4.01. The van der Waals surface area contributed by atoms with Crippen LogP contribution in [0.15, 0.2) is 30.3 Å². The van der Waals surface area contributed by atoms with Gasteiger partial charge in [-0.25, -0.2) is 8.78 Å². The van der Waals surface area contributed by atoms with E-state index in [4.69, 9.17) is 9.47 Å². The molecule has 2 aliphatic carbocycles. The summed E-state index contributed by atoms with van der Waals surface area (Å²) in [6, 6.07) is 8.11. The van der Waals surface area contributed by atoms with E-state index in [1.54, 1.807) is 19.1 Å². The van der Waals surface area contributed by atoms with Crippen LogP contribution in [0, 0.1) is 17.6 Å². The van der Waals surface area contributed by atoms with Gasteiger partial charge in [-0.2, -0.15) is 0 Å². The van der Waals surface area contributed by atoms with E-state index >= 15 is 0 Å². The van der Waals surface area contributed by atoms with Gasteiger partial charge in [0.2, 0.25) is 0 Å². The lowest BCUT2D eigenvalue weighted by molar-refractivity contribution is -0.144. The van der Waals surface area contributed by atoms with E-state index < -0.39 is 17.7 Å². The van der Waals surface area contributed by atoms with Gasteiger partial charge in [-0.1, -0.05) is 12.1 Å². The Bertz CT molecular complexity index is 923. The van der Waals surface area contributed by atoms with Crippen molar-refractivity contribution < 1.29 is 27.8 Å². The van der Waals surface area contributed by atoms with Gasteiger partial charge >= 0.3 is 5.97 Å². The number of benzene rings is 2. The first-order chi connectivity index (χ1) is 13.5. The monoisotopic (exact) mass is 386 g/mol. The highest BCUT2D eigenvalue weighted by molar-refractivity contribution is 5.79. The number of rotatable bonds is 6. The second kappa shape index (κ2) is 7.34. The first-order valence-corrected chi connectivity index (χ1v) is 9.42. The second-order valence-corrected chi connectivity index (χ2v) is 7.18. The number of esters is 1. The Kier molecular flexibility index (Phi) is 4.87. The minimum atomic E-state index is -0.836. The van der Waals surface area contributed by atoms with Gasteiger partial charge in [-0.3, -0.25) is 9.59 Å². The second-order valence-electron chi connectivity index (χ2n) is 7.18. The van der Waals surface area contributed by atoms with Gasteiger partial charge in [-0.05, 0) is 55.4 Å². The predicted octanol–water partition coefficient (Wildman–Crippen LogP) is 4.51. The molecule has 2 aliphatic rings. The van der Waals surface area contributed by atoms with Crippen molar-refractivity contribution in [1.82, 2.24) is 0 Å². The molecule has 28 heavy (non-hydrogen) atoms. The molecule has 0 aromatic heterocycles. The molecule has 0 amide bonds. The molecule has 0 saturated heterocycles. The third-order valence-electron chi connectivity index (χ3n) is 5.48. The molecular weight excluding hydrogens is 366 g/mol. The fraction of sp³-hybridized carbons (Fsp3) is 0.364. The Hall–Kier alpha value is -2.76. The van der Waals surface area contributed by atoms with Crippen LogP contribution in [-0.2, 0) is 16.0 Å². The van der Waals surface area contributed by atoms with E-state index in [0.717, 1.165) is 18.1 Å². The number of ether oxygens (including phenoxy) is 2. The van der Waals surface area contributed by atoms with Crippen LogP contribution in [0.1, 0.15) is 58.8 Å². The number of fused-ring (bicyclic) bond motifs is 1. The lowest BCUT2D eigenvalue weighted by atomic mass is 10.0. The highest BCUT2D eigenvalue weighted by Gasteiger charge is 2.45. The number of halogens is 2. The lowest BCUT2D eigenvalue weighted by Gasteiger charge is -2.16. The molecule has 0 heterocycles. The number of carbonyl (C=O) groups is 2. The number of carbonyl (C=O) groups excluding carboxylic acids is 2. The molecule has 1 saturated carbocycles. The maximum absolute atomic E-state index is 14.3. The molecule has 3 atom stereocenters. The number of hydrogen-bond donors (Lipinski definition) is 0. The van der Waals surface area contributed by atoms with Gasteiger partial charge < -0.3 is 9.47 Å². The van der Waals surface area contributed by atoms with Crippen LogP contribution in [0.5, 0.6) is 5.75 Å². The lowest BCUT2D eigenvalue weighted by Crippen LogP contribution is -2.08. The van der Waals surface area contributed by atoms with Crippen molar-refractivity contribution in [1.29, 1.82) is 0 Å². The van der Waals surface area contributed by atoms with E-state index in [0.29, 0.717) is 37.0 Å². The average molecular weight is 386 g/mol. The fourth-order valence-corrected chi connectivity index (χ4v) is 4.01. The Morgan fingerprint density at radius 1 is 1.21 bits per heavy atom. The maximum Gasteiger partial charge on any atom is 0.309 e. The van der Waals surface area contributed by atoms with Gasteiger partial charge in [0.1, 0.15) is 23.5 Å². The summed E-state index contributed by atoms with van der Waals surface area (Å²) in [5.41, 5.74) is 1.60. The van der Waals surface area contributed by atoms with Gasteiger partial charge in [0.15, 0.2) is 6.29 Å². The third kappa shape index (κ3) is 3.28. The van der Waals surface area contributed by atoms with Crippen LogP contribution in [0.4, 0.5) is 8.78 Å². The Labute approximate surface area is 161 Å². The highest BCUT2D eigenvalue weighted by Crippen LogP contribution is 2.48. The minimum Gasteiger partial charge on any atom is -0.486 e. The molecule has 2 aromatic carbocycles. The molecule has 146 valence electrons. The molecule has 0 N–H and O–H groups in total. The molecule has 2 aromatic rings. The van der Waals surface area contributed by atoms with Crippen molar-refractivity contribution >= 4 is 12.3 Å². The van der Waals surface area contributed by atoms with Crippen molar-refractivity contribution in [2.45, 2.75) is 38.2 Å². The topological polar surface area (TPSA) is 52.6 Å². The van der Waals surface area contributed by atoms with Crippen LogP contribution in [0.25, 0.3) is 0 Å². The molecule has 0 spiro atoms. The highest BCUT2D eigenvalue weighted by atomic mass is 19.1. The Morgan fingerprint density at radius 2 is 1.96 bits per heavy atom. The quantitative estimate of drug-likeness (QED) is 0.541. The van der Waals surface area contributed by atoms with E-state index in [-0.39, 0.29) is 28.9 Å². The molecule has 6 heteroatoms. The number of hydrogen-bond acceptors (Lipinski definition) is 4. The van der Waals surface area contributed by atoms with E-state index in [9.17, 15) is 18.4 Å². The van der Waals surface area contributed by atoms with Gasteiger partial charge in [-0.15, -0.1) is 0 Å². The van der Waals surface area contributed by atoms with Crippen LogP contribution < -0.4 is 4.74 Å². The zero-order valence-electron chi connectivity index (χ0n) is 15.4. The van der Waals surface area contributed by atoms with Crippen molar-refractivity contribution in [3.05, 3.63) is 64.2 Å². The molecule has 0 bridgehead atoms.